The van der Waals surface area contributed by atoms with Gasteiger partial charge >= 0.3 is 0 Å². The van der Waals surface area contributed by atoms with Gasteiger partial charge in [0.05, 0.1) is 12.2 Å². The first-order valence-corrected chi connectivity index (χ1v) is 9.16. The van der Waals surface area contributed by atoms with Crippen molar-refractivity contribution in [2.45, 2.75) is 77.5 Å². The number of nitrogens with zero attached hydrogens (tertiary/aromatic N) is 1. The van der Waals surface area contributed by atoms with Crippen LogP contribution >= 0.6 is 0 Å². The van der Waals surface area contributed by atoms with E-state index in [2.05, 4.69) is 31.0 Å². The molecule has 1 aliphatic carbocycles. The second-order valence-electron chi connectivity index (χ2n) is 8.39. The molecule has 2 aliphatic heterocycles. The van der Waals surface area contributed by atoms with Crippen molar-refractivity contribution in [1.82, 2.24) is 10.2 Å². The highest BCUT2D eigenvalue weighted by Gasteiger charge is 2.40. The van der Waals surface area contributed by atoms with Gasteiger partial charge in [0, 0.05) is 32.2 Å². The van der Waals surface area contributed by atoms with Gasteiger partial charge < -0.3 is 10.1 Å². The molecule has 3 heteroatoms. The number of fused-ring (bicyclic) bond motifs is 2. The van der Waals surface area contributed by atoms with Gasteiger partial charge in [0.15, 0.2) is 0 Å². The first-order chi connectivity index (χ1) is 10.0. The molecule has 0 amide bonds. The highest BCUT2D eigenvalue weighted by molar-refractivity contribution is 4.93. The number of hydrogen-bond donors (Lipinski definition) is 1. The van der Waals surface area contributed by atoms with Gasteiger partial charge in [-0.2, -0.15) is 0 Å². The highest BCUT2D eigenvalue weighted by atomic mass is 16.5. The van der Waals surface area contributed by atoms with Crippen molar-refractivity contribution in [2.75, 3.05) is 26.2 Å². The Balaban J connectivity index is 1.63. The third-order valence-corrected chi connectivity index (χ3v) is 5.75. The molecule has 3 rings (SSSR count). The molecule has 0 spiro atoms. The zero-order chi connectivity index (χ0) is 14.9. The van der Waals surface area contributed by atoms with E-state index in [4.69, 9.17) is 4.74 Å². The molecule has 3 fully saturated rings. The van der Waals surface area contributed by atoms with E-state index in [0.29, 0.717) is 23.7 Å². The van der Waals surface area contributed by atoms with Gasteiger partial charge in [-0.05, 0) is 37.0 Å². The molecular weight excluding hydrogens is 260 g/mol. The summed E-state index contributed by atoms with van der Waals surface area (Å²) >= 11 is 0. The molecule has 0 aromatic carbocycles. The quantitative estimate of drug-likeness (QED) is 0.843. The highest BCUT2D eigenvalue weighted by Crippen LogP contribution is 2.40. The van der Waals surface area contributed by atoms with E-state index >= 15 is 0 Å². The van der Waals surface area contributed by atoms with E-state index in [1.807, 2.05) is 0 Å². The average Bonchev–Trinajstić information content (AvgIpc) is 2.76. The second-order valence-corrected chi connectivity index (χ2v) is 8.39. The Morgan fingerprint density at radius 1 is 1.19 bits per heavy atom. The van der Waals surface area contributed by atoms with Gasteiger partial charge in [-0.25, -0.2) is 0 Å². The fraction of sp³-hybridized carbons (Fsp3) is 1.00. The molecule has 3 nitrogen and oxygen atoms in total. The maximum Gasteiger partial charge on any atom is 0.0707 e. The summed E-state index contributed by atoms with van der Waals surface area (Å²) in [5, 5.41) is 3.75. The number of nitrogens with one attached hydrogen (secondary N) is 1. The van der Waals surface area contributed by atoms with Crippen molar-refractivity contribution in [2.24, 2.45) is 11.3 Å². The number of rotatable bonds is 5. The predicted molar refractivity (Wildman–Crippen MR) is 87.5 cm³/mol. The van der Waals surface area contributed by atoms with E-state index in [0.717, 1.165) is 5.92 Å². The molecule has 21 heavy (non-hydrogen) atoms. The molecule has 2 heterocycles. The lowest BCUT2D eigenvalue weighted by Crippen LogP contribution is -2.52. The van der Waals surface area contributed by atoms with E-state index in [9.17, 15) is 0 Å². The first-order valence-electron chi connectivity index (χ1n) is 9.16. The summed E-state index contributed by atoms with van der Waals surface area (Å²) in [6.45, 7) is 11.8. The summed E-state index contributed by atoms with van der Waals surface area (Å²) in [5.74, 6) is 0.894. The zero-order valence-electron chi connectivity index (χ0n) is 14.2. The van der Waals surface area contributed by atoms with E-state index in [1.54, 1.807) is 0 Å². The lowest BCUT2D eigenvalue weighted by atomic mass is 9.69. The molecular formula is C18H34N2O. The maximum absolute atomic E-state index is 6.01. The molecule has 1 saturated carbocycles. The summed E-state index contributed by atoms with van der Waals surface area (Å²) in [7, 11) is 0. The SMILES string of the molecule is CC1CCCC(CNC(C)C)(CN2CC3CCC(C2)O3)C1. The van der Waals surface area contributed by atoms with Crippen LogP contribution in [-0.2, 0) is 4.74 Å². The summed E-state index contributed by atoms with van der Waals surface area (Å²) in [6.07, 6.45) is 9.28. The van der Waals surface area contributed by atoms with E-state index in [-0.39, 0.29) is 0 Å². The molecule has 2 bridgehead atoms. The normalized spacial score (nSPS) is 40.9. The number of likely N-dealkylation sites (tertiary alicyclic amines) is 1. The molecule has 1 N–H and O–H groups in total. The largest absolute Gasteiger partial charge is 0.372 e. The monoisotopic (exact) mass is 294 g/mol. The van der Waals surface area contributed by atoms with Gasteiger partial charge in [0.1, 0.15) is 0 Å². The average molecular weight is 294 g/mol. The lowest BCUT2D eigenvalue weighted by Gasteiger charge is -2.45. The van der Waals surface area contributed by atoms with Crippen LogP contribution in [-0.4, -0.2) is 49.3 Å². The molecule has 122 valence electrons. The Morgan fingerprint density at radius 3 is 2.52 bits per heavy atom. The fourth-order valence-corrected chi connectivity index (χ4v) is 4.85. The smallest absolute Gasteiger partial charge is 0.0707 e. The Labute approximate surface area is 130 Å². The molecule has 4 atom stereocenters. The summed E-state index contributed by atoms with van der Waals surface area (Å²) in [6, 6.07) is 0.597. The standard InChI is InChI=1S/C18H34N2O/c1-14(2)19-12-18(8-4-5-15(3)9-18)13-20-10-16-6-7-17(11-20)21-16/h14-17,19H,4-13H2,1-3H3. The van der Waals surface area contributed by atoms with Crippen LogP contribution in [0.25, 0.3) is 0 Å². The van der Waals surface area contributed by atoms with Crippen molar-refractivity contribution in [3.63, 3.8) is 0 Å². The molecule has 2 saturated heterocycles. The van der Waals surface area contributed by atoms with Crippen molar-refractivity contribution in [1.29, 1.82) is 0 Å². The summed E-state index contributed by atoms with van der Waals surface area (Å²) < 4.78 is 6.01. The minimum absolute atomic E-state index is 0.499. The maximum atomic E-state index is 6.01. The third-order valence-electron chi connectivity index (χ3n) is 5.75. The molecule has 0 aromatic rings. The van der Waals surface area contributed by atoms with Crippen molar-refractivity contribution in [3.8, 4) is 0 Å². The Hall–Kier alpha value is -0.120. The van der Waals surface area contributed by atoms with Crippen molar-refractivity contribution < 1.29 is 4.74 Å². The van der Waals surface area contributed by atoms with Crippen LogP contribution < -0.4 is 5.32 Å². The van der Waals surface area contributed by atoms with E-state index < -0.39 is 0 Å². The third kappa shape index (κ3) is 4.00. The number of ether oxygens (including phenoxy) is 1. The molecule has 3 aliphatic rings. The van der Waals surface area contributed by atoms with Crippen LogP contribution in [0.5, 0.6) is 0 Å². The minimum atomic E-state index is 0.499. The van der Waals surface area contributed by atoms with Crippen LogP contribution in [0.15, 0.2) is 0 Å². The summed E-state index contributed by atoms with van der Waals surface area (Å²) in [4.78, 5) is 2.73. The number of hydrogen-bond acceptors (Lipinski definition) is 3. The van der Waals surface area contributed by atoms with Crippen molar-refractivity contribution >= 4 is 0 Å². The zero-order valence-corrected chi connectivity index (χ0v) is 14.2. The molecule has 0 radical (unpaired) electrons. The van der Waals surface area contributed by atoms with Gasteiger partial charge in [-0.15, -0.1) is 0 Å². The van der Waals surface area contributed by atoms with Gasteiger partial charge in [-0.1, -0.05) is 33.6 Å². The Bertz CT molecular complexity index is 334. The van der Waals surface area contributed by atoms with Crippen LogP contribution in [0.4, 0.5) is 0 Å². The summed E-state index contributed by atoms with van der Waals surface area (Å²) in [5.41, 5.74) is 0.499. The first kappa shape index (κ1) is 15.8. The molecule has 4 unspecified atom stereocenters. The van der Waals surface area contributed by atoms with Crippen LogP contribution in [0.2, 0.25) is 0 Å². The molecule has 0 aromatic heterocycles. The van der Waals surface area contributed by atoms with Crippen LogP contribution in [0.3, 0.4) is 0 Å². The van der Waals surface area contributed by atoms with Crippen molar-refractivity contribution in [3.05, 3.63) is 0 Å². The van der Waals surface area contributed by atoms with Gasteiger partial charge in [0.2, 0.25) is 0 Å². The predicted octanol–water partition coefficient (Wildman–Crippen LogP) is 3.04. The fourth-order valence-electron chi connectivity index (χ4n) is 4.85. The second kappa shape index (κ2) is 6.55. The Kier molecular flexibility index (Phi) is 4.92. The van der Waals surface area contributed by atoms with Gasteiger partial charge in [-0.3, -0.25) is 4.90 Å². The topological polar surface area (TPSA) is 24.5 Å². The minimum Gasteiger partial charge on any atom is -0.372 e. The lowest BCUT2D eigenvalue weighted by molar-refractivity contribution is -0.0564. The van der Waals surface area contributed by atoms with Crippen LogP contribution in [0, 0.1) is 11.3 Å². The van der Waals surface area contributed by atoms with E-state index in [1.165, 1.54) is 64.7 Å². The van der Waals surface area contributed by atoms with Gasteiger partial charge in [0.25, 0.3) is 0 Å². The van der Waals surface area contributed by atoms with Crippen LogP contribution in [0.1, 0.15) is 59.3 Å². The number of morpholine rings is 1. The Morgan fingerprint density at radius 2 is 1.90 bits per heavy atom.